The number of nitrogens with one attached hydrogen (secondary N) is 1. The van der Waals surface area contributed by atoms with Gasteiger partial charge in [-0.05, 0) is 56.8 Å². The van der Waals surface area contributed by atoms with Crippen LogP contribution in [0.3, 0.4) is 0 Å². The van der Waals surface area contributed by atoms with Gasteiger partial charge in [-0.25, -0.2) is 4.98 Å². The number of hydrogen-bond donors (Lipinski definition) is 1. The highest BCUT2D eigenvalue weighted by Gasteiger charge is 2.17. The van der Waals surface area contributed by atoms with Crippen molar-refractivity contribution in [3.05, 3.63) is 44.5 Å². The third-order valence-corrected chi connectivity index (χ3v) is 4.67. The summed E-state index contributed by atoms with van der Waals surface area (Å²) in [7, 11) is 0. The molecule has 98 valence electrons. The maximum absolute atomic E-state index is 5.45. The molecule has 1 N–H and O–H groups in total. The van der Waals surface area contributed by atoms with Crippen molar-refractivity contribution < 1.29 is 0 Å². The molecule has 0 bridgehead atoms. The molecule has 19 heavy (non-hydrogen) atoms. The molecule has 0 aliphatic heterocycles. The van der Waals surface area contributed by atoms with Crippen LogP contribution in [-0.4, -0.2) is 14.5 Å². The van der Waals surface area contributed by atoms with Gasteiger partial charge >= 0.3 is 0 Å². The van der Waals surface area contributed by atoms with Gasteiger partial charge in [0.1, 0.15) is 0 Å². The quantitative estimate of drug-likeness (QED) is 0.710. The van der Waals surface area contributed by atoms with Crippen molar-refractivity contribution in [1.82, 2.24) is 14.5 Å². The van der Waals surface area contributed by atoms with Crippen LogP contribution < -0.4 is 0 Å². The zero-order chi connectivity index (χ0) is 13.6. The monoisotopic (exact) mass is 289 g/mol. The summed E-state index contributed by atoms with van der Waals surface area (Å²) in [6.07, 6.45) is 1.81. The van der Waals surface area contributed by atoms with Crippen LogP contribution in [0.15, 0.2) is 24.4 Å². The fourth-order valence-corrected chi connectivity index (χ4v) is 3.89. The molecule has 0 spiro atoms. The van der Waals surface area contributed by atoms with E-state index < -0.39 is 0 Å². The van der Waals surface area contributed by atoms with E-state index in [9.17, 15) is 0 Å². The lowest BCUT2D eigenvalue weighted by Crippen LogP contribution is -2.07. The first kappa shape index (κ1) is 12.6. The van der Waals surface area contributed by atoms with E-state index in [1.54, 1.807) is 6.20 Å². The van der Waals surface area contributed by atoms with Crippen molar-refractivity contribution in [2.75, 3.05) is 0 Å². The van der Waals surface area contributed by atoms with Gasteiger partial charge in [-0.15, -0.1) is 11.3 Å². The number of imidazole rings is 1. The molecule has 3 nitrogen and oxygen atoms in total. The van der Waals surface area contributed by atoms with Gasteiger partial charge in [0.05, 0.1) is 11.6 Å². The highest BCUT2D eigenvalue weighted by Crippen LogP contribution is 2.30. The van der Waals surface area contributed by atoms with E-state index in [4.69, 9.17) is 12.2 Å². The van der Waals surface area contributed by atoms with E-state index in [0.29, 0.717) is 0 Å². The molecule has 0 aromatic carbocycles. The van der Waals surface area contributed by atoms with Gasteiger partial charge in [0.2, 0.25) is 0 Å². The van der Waals surface area contributed by atoms with Crippen molar-refractivity contribution >= 4 is 34.7 Å². The van der Waals surface area contributed by atoms with Crippen LogP contribution in [-0.2, 0) is 0 Å². The van der Waals surface area contributed by atoms with Gasteiger partial charge in [0.25, 0.3) is 0 Å². The fourth-order valence-electron chi connectivity index (χ4n) is 2.52. The molecular formula is C14H15N3S2. The molecule has 3 aromatic heterocycles. The molecule has 0 saturated carbocycles. The number of pyridine rings is 1. The third-order valence-electron chi connectivity index (χ3n) is 3.39. The van der Waals surface area contributed by atoms with E-state index in [2.05, 4.69) is 41.4 Å². The average molecular weight is 289 g/mol. The topological polar surface area (TPSA) is 33.6 Å². The second-order valence-electron chi connectivity index (χ2n) is 4.72. The number of aromatic amines is 1. The van der Waals surface area contributed by atoms with E-state index in [-0.39, 0.29) is 6.04 Å². The predicted octanol–water partition coefficient (Wildman–Crippen LogP) is 4.38. The summed E-state index contributed by atoms with van der Waals surface area (Å²) in [6, 6.07) is 6.37. The maximum Gasteiger partial charge on any atom is 0.179 e. The molecular weight excluding hydrogens is 274 g/mol. The molecule has 0 radical (unpaired) electrons. The Morgan fingerprint density at radius 2 is 2.21 bits per heavy atom. The van der Waals surface area contributed by atoms with Gasteiger partial charge in [-0.1, -0.05) is 0 Å². The third kappa shape index (κ3) is 2.03. The summed E-state index contributed by atoms with van der Waals surface area (Å²) in [5, 5.41) is 0. The van der Waals surface area contributed by atoms with Crippen LogP contribution in [0.25, 0.3) is 11.2 Å². The summed E-state index contributed by atoms with van der Waals surface area (Å²) in [6.45, 7) is 6.47. The Morgan fingerprint density at radius 3 is 2.89 bits per heavy atom. The van der Waals surface area contributed by atoms with Gasteiger partial charge in [0.15, 0.2) is 10.4 Å². The minimum atomic E-state index is 0.195. The highest BCUT2D eigenvalue weighted by molar-refractivity contribution is 7.71. The first-order valence-electron chi connectivity index (χ1n) is 6.20. The van der Waals surface area contributed by atoms with Gasteiger partial charge in [-0.2, -0.15) is 0 Å². The number of fused-ring (bicyclic) bond motifs is 1. The number of rotatable bonds is 2. The number of aromatic nitrogens is 3. The van der Waals surface area contributed by atoms with Crippen LogP contribution in [0.5, 0.6) is 0 Å². The minimum Gasteiger partial charge on any atom is -0.329 e. The van der Waals surface area contributed by atoms with E-state index in [1.807, 2.05) is 23.5 Å². The molecule has 1 unspecified atom stereocenters. The molecule has 0 aliphatic rings. The molecule has 0 fully saturated rings. The number of nitrogens with zero attached hydrogens (tertiary/aromatic N) is 2. The van der Waals surface area contributed by atoms with Crippen molar-refractivity contribution in [1.29, 1.82) is 0 Å². The van der Waals surface area contributed by atoms with Crippen LogP contribution in [0, 0.1) is 18.6 Å². The van der Waals surface area contributed by atoms with Crippen molar-refractivity contribution in [3.63, 3.8) is 0 Å². The summed E-state index contributed by atoms with van der Waals surface area (Å²) in [5.41, 5.74) is 3.23. The summed E-state index contributed by atoms with van der Waals surface area (Å²) in [5.74, 6) is 0. The Morgan fingerprint density at radius 1 is 1.42 bits per heavy atom. The van der Waals surface area contributed by atoms with Gasteiger partial charge in [-0.3, -0.25) is 4.57 Å². The molecule has 3 heterocycles. The molecule has 0 amide bonds. The lowest BCUT2D eigenvalue weighted by atomic mass is 10.1. The van der Waals surface area contributed by atoms with Crippen LogP contribution >= 0.6 is 23.6 Å². The average Bonchev–Trinajstić information content (AvgIpc) is 2.87. The second kappa shape index (κ2) is 4.58. The van der Waals surface area contributed by atoms with Crippen LogP contribution in [0.1, 0.15) is 28.3 Å². The molecule has 0 saturated heterocycles. The molecule has 5 heteroatoms. The first-order chi connectivity index (χ1) is 9.08. The Hall–Kier alpha value is -1.46. The number of H-pyrrole nitrogens is 1. The second-order valence-corrected chi connectivity index (χ2v) is 6.57. The standard InChI is InChI=1S/C14H15N3S2/c1-8-7-11(10(3)19-8)9(2)17-13-12(16-14(17)18)5-4-6-15-13/h4-7,9H,1-3H3,(H,16,18). The summed E-state index contributed by atoms with van der Waals surface area (Å²) in [4.78, 5) is 10.4. The molecule has 3 rings (SSSR count). The Balaban J connectivity index is 2.22. The van der Waals surface area contributed by atoms with Crippen molar-refractivity contribution in [2.45, 2.75) is 26.8 Å². The summed E-state index contributed by atoms with van der Waals surface area (Å²) >= 11 is 7.28. The van der Waals surface area contributed by atoms with Crippen LogP contribution in [0.2, 0.25) is 0 Å². The van der Waals surface area contributed by atoms with Crippen molar-refractivity contribution in [3.8, 4) is 0 Å². The lowest BCUT2D eigenvalue weighted by Gasteiger charge is -2.14. The van der Waals surface area contributed by atoms with Crippen LogP contribution in [0.4, 0.5) is 0 Å². The maximum atomic E-state index is 5.45. The predicted molar refractivity (Wildman–Crippen MR) is 82.5 cm³/mol. The van der Waals surface area contributed by atoms with Gasteiger partial charge < -0.3 is 4.98 Å². The molecule has 0 aliphatic carbocycles. The lowest BCUT2D eigenvalue weighted by molar-refractivity contribution is 0.643. The zero-order valence-electron chi connectivity index (χ0n) is 11.1. The molecule has 1 atom stereocenters. The van der Waals surface area contributed by atoms with Gasteiger partial charge in [0, 0.05) is 16.0 Å². The SMILES string of the molecule is Cc1cc(C(C)n2c(=S)[nH]c3cccnc32)c(C)s1. The van der Waals surface area contributed by atoms with Crippen molar-refractivity contribution in [2.24, 2.45) is 0 Å². The van der Waals surface area contributed by atoms with E-state index >= 15 is 0 Å². The largest absolute Gasteiger partial charge is 0.329 e. The normalized spacial score (nSPS) is 13.0. The fraction of sp³-hybridized carbons (Fsp3) is 0.286. The smallest absolute Gasteiger partial charge is 0.179 e. The minimum absolute atomic E-state index is 0.195. The summed E-state index contributed by atoms with van der Waals surface area (Å²) < 4.78 is 2.82. The number of aryl methyl sites for hydroxylation is 2. The first-order valence-corrected chi connectivity index (χ1v) is 7.42. The number of thiophene rings is 1. The highest BCUT2D eigenvalue weighted by atomic mass is 32.1. The zero-order valence-corrected chi connectivity index (χ0v) is 12.7. The Labute approximate surface area is 120 Å². The van der Waals surface area contributed by atoms with E-state index in [1.165, 1.54) is 15.3 Å². The Bertz CT molecular complexity index is 794. The number of hydrogen-bond acceptors (Lipinski definition) is 3. The van der Waals surface area contributed by atoms with E-state index in [0.717, 1.165) is 15.9 Å². The Kier molecular flexibility index (Phi) is 3.03. The molecule has 3 aromatic rings.